The number of carbonyl (C=O) groups is 1. The summed E-state index contributed by atoms with van der Waals surface area (Å²) in [6.07, 6.45) is -3.71. The Balaban J connectivity index is 0. The lowest BCUT2D eigenvalue weighted by Gasteiger charge is -2.18. The smallest absolute Gasteiger partial charge is 0.355 e. The molecule has 1 amide bonds. The number of hydrogen-bond donors (Lipinski definition) is 2. The Morgan fingerprint density at radius 2 is 2.00 bits per heavy atom. The summed E-state index contributed by atoms with van der Waals surface area (Å²) in [5, 5.41) is 2.53. The molecule has 0 fully saturated rings. The first kappa shape index (κ1) is 18.8. The van der Waals surface area contributed by atoms with E-state index in [2.05, 4.69) is 5.32 Å². The van der Waals surface area contributed by atoms with Crippen molar-refractivity contribution in [3.8, 4) is 0 Å². The highest BCUT2D eigenvalue weighted by Crippen LogP contribution is 2.15. The van der Waals surface area contributed by atoms with Crippen molar-refractivity contribution in [1.29, 1.82) is 0 Å². The second kappa shape index (κ2) is 8.54. The Morgan fingerprint density at radius 3 is 2.41 bits per heavy atom. The molecular formula is C9H19ClF3N3O. The van der Waals surface area contributed by atoms with Gasteiger partial charge in [-0.3, -0.25) is 9.69 Å². The zero-order valence-corrected chi connectivity index (χ0v) is 10.7. The van der Waals surface area contributed by atoms with Gasteiger partial charge < -0.3 is 11.1 Å². The largest absolute Gasteiger partial charge is 0.401 e. The Hall–Kier alpha value is -0.530. The van der Waals surface area contributed by atoms with E-state index in [0.29, 0.717) is 13.0 Å². The third-order valence-corrected chi connectivity index (χ3v) is 1.88. The molecule has 8 heteroatoms. The Morgan fingerprint density at radius 1 is 1.47 bits per heavy atom. The molecule has 1 atom stereocenters. The molecule has 0 saturated heterocycles. The van der Waals surface area contributed by atoms with Crippen molar-refractivity contribution < 1.29 is 18.0 Å². The maximum atomic E-state index is 11.9. The van der Waals surface area contributed by atoms with E-state index < -0.39 is 18.8 Å². The van der Waals surface area contributed by atoms with Crippen LogP contribution in [0.4, 0.5) is 13.2 Å². The van der Waals surface area contributed by atoms with Crippen molar-refractivity contribution in [2.75, 3.05) is 26.7 Å². The first-order valence-corrected chi connectivity index (χ1v) is 5.01. The summed E-state index contributed by atoms with van der Waals surface area (Å²) < 4.78 is 35.8. The van der Waals surface area contributed by atoms with Gasteiger partial charge in [-0.2, -0.15) is 13.2 Å². The molecule has 0 aromatic heterocycles. The van der Waals surface area contributed by atoms with Crippen molar-refractivity contribution >= 4 is 18.3 Å². The van der Waals surface area contributed by atoms with Crippen LogP contribution in [0.1, 0.15) is 13.3 Å². The van der Waals surface area contributed by atoms with Gasteiger partial charge in [0.1, 0.15) is 0 Å². The molecule has 0 heterocycles. The Labute approximate surface area is 105 Å². The van der Waals surface area contributed by atoms with Crippen LogP contribution in [-0.2, 0) is 4.79 Å². The molecule has 0 aliphatic heterocycles. The van der Waals surface area contributed by atoms with Crippen molar-refractivity contribution in [2.24, 2.45) is 5.73 Å². The fourth-order valence-electron chi connectivity index (χ4n) is 1.11. The van der Waals surface area contributed by atoms with Crippen LogP contribution in [-0.4, -0.2) is 49.7 Å². The van der Waals surface area contributed by atoms with Gasteiger partial charge in [0, 0.05) is 6.54 Å². The fraction of sp³-hybridized carbons (Fsp3) is 0.889. The standard InChI is InChI=1S/C9H18F3N3O.ClH/c1-7(13)8(16)14-4-3-5-15(2)6-9(10,11)12;/h7H,3-6,13H2,1-2H3,(H,14,16);1H. The molecular weight excluding hydrogens is 259 g/mol. The number of carbonyl (C=O) groups excluding carboxylic acids is 1. The van der Waals surface area contributed by atoms with Crippen molar-refractivity contribution in [3.05, 3.63) is 0 Å². The minimum Gasteiger partial charge on any atom is -0.355 e. The zero-order chi connectivity index (χ0) is 12.8. The molecule has 104 valence electrons. The summed E-state index contributed by atoms with van der Waals surface area (Å²) in [4.78, 5) is 12.2. The summed E-state index contributed by atoms with van der Waals surface area (Å²) >= 11 is 0. The number of nitrogens with zero attached hydrogens (tertiary/aromatic N) is 1. The number of alkyl halides is 3. The molecule has 0 saturated carbocycles. The number of rotatable bonds is 6. The van der Waals surface area contributed by atoms with E-state index in [1.165, 1.54) is 7.05 Å². The normalized spacial score (nSPS) is 13.1. The van der Waals surface area contributed by atoms with E-state index >= 15 is 0 Å². The minimum atomic E-state index is -4.18. The van der Waals surface area contributed by atoms with Gasteiger partial charge in [-0.1, -0.05) is 0 Å². The van der Waals surface area contributed by atoms with Crippen LogP contribution in [0.25, 0.3) is 0 Å². The molecule has 0 rings (SSSR count). The maximum Gasteiger partial charge on any atom is 0.401 e. The number of nitrogens with one attached hydrogen (secondary N) is 1. The quantitative estimate of drug-likeness (QED) is 0.705. The van der Waals surface area contributed by atoms with Crippen LogP contribution in [0, 0.1) is 0 Å². The first-order chi connectivity index (χ1) is 7.22. The summed E-state index contributed by atoms with van der Waals surface area (Å²) in [6.45, 7) is 1.22. The van der Waals surface area contributed by atoms with E-state index in [-0.39, 0.29) is 24.9 Å². The lowest BCUT2D eigenvalue weighted by atomic mass is 10.3. The monoisotopic (exact) mass is 277 g/mol. The fourth-order valence-corrected chi connectivity index (χ4v) is 1.11. The highest BCUT2D eigenvalue weighted by molar-refractivity contribution is 5.85. The molecule has 0 aliphatic carbocycles. The van der Waals surface area contributed by atoms with Crippen LogP contribution in [0.5, 0.6) is 0 Å². The molecule has 0 radical (unpaired) electrons. The van der Waals surface area contributed by atoms with Crippen LogP contribution < -0.4 is 11.1 Å². The second-order valence-electron chi connectivity index (χ2n) is 3.79. The van der Waals surface area contributed by atoms with E-state index in [9.17, 15) is 18.0 Å². The predicted octanol–water partition coefficient (Wildman–Crippen LogP) is 0.756. The number of amides is 1. The lowest BCUT2D eigenvalue weighted by molar-refractivity contribution is -0.143. The van der Waals surface area contributed by atoms with Gasteiger partial charge >= 0.3 is 6.18 Å². The van der Waals surface area contributed by atoms with Gasteiger partial charge in [0.2, 0.25) is 5.91 Å². The Kier molecular flexibility index (Phi) is 9.46. The average molecular weight is 278 g/mol. The molecule has 1 unspecified atom stereocenters. The predicted molar refractivity (Wildman–Crippen MR) is 62.1 cm³/mol. The van der Waals surface area contributed by atoms with Gasteiger partial charge in [0.05, 0.1) is 12.6 Å². The van der Waals surface area contributed by atoms with E-state index in [0.717, 1.165) is 4.90 Å². The van der Waals surface area contributed by atoms with Gasteiger partial charge in [0.25, 0.3) is 0 Å². The van der Waals surface area contributed by atoms with Gasteiger partial charge in [-0.25, -0.2) is 0 Å². The SMILES string of the molecule is CC(N)C(=O)NCCCN(C)CC(F)(F)F.Cl. The first-order valence-electron chi connectivity index (χ1n) is 5.01. The Bertz CT molecular complexity index is 224. The summed E-state index contributed by atoms with van der Waals surface area (Å²) in [6, 6.07) is -0.590. The molecule has 17 heavy (non-hydrogen) atoms. The van der Waals surface area contributed by atoms with Gasteiger partial charge in [-0.05, 0) is 26.9 Å². The lowest BCUT2D eigenvalue weighted by Crippen LogP contribution is -2.39. The summed E-state index contributed by atoms with van der Waals surface area (Å²) in [7, 11) is 1.39. The van der Waals surface area contributed by atoms with Crippen LogP contribution in [0.15, 0.2) is 0 Å². The van der Waals surface area contributed by atoms with Crippen molar-refractivity contribution in [1.82, 2.24) is 10.2 Å². The average Bonchev–Trinajstić information content (AvgIpc) is 2.08. The molecule has 0 aromatic carbocycles. The summed E-state index contributed by atoms with van der Waals surface area (Å²) in [5.74, 6) is -0.293. The van der Waals surface area contributed by atoms with E-state index in [4.69, 9.17) is 5.73 Å². The number of halogens is 4. The maximum absolute atomic E-state index is 11.9. The molecule has 0 aromatic rings. The third-order valence-electron chi connectivity index (χ3n) is 1.88. The second-order valence-corrected chi connectivity index (χ2v) is 3.79. The number of nitrogens with two attached hydrogens (primary N) is 1. The van der Waals surface area contributed by atoms with Gasteiger partial charge in [0.15, 0.2) is 0 Å². The molecule has 0 spiro atoms. The summed E-state index contributed by atoms with van der Waals surface area (Å²) in [5.41, 5.74) is 5.29. The minimum absolute atomic E-state index is 0. The van der Waals surface area contributed by atoms with Crippen molar-refractivity contribution in [3.63, 3.8) is 0 Å². The topological polar surface area (TPSA) is 58.4 Å². The third kappa shape index (κ3) is 11.7. The van der Waals surface area contributed by atoms with Crippen LogP contribution in [0.3, 0.4) is 0 Å². The van der Waals surface area contributed by atoms with E-state index in [1.54, 1.807) is 6.92 Å². The zero-order valence-electron chi connectivity index (χ0n) is 9.88. The molecule has 0 bridgehead atoms. The number of hydrogen-bond acceptors (Lipinski definition) is 3. The highest BCUT2D eigenvalue weighted by Gasteiger charge is 2.28. The molecule has 4 nitrogen and oxygen atoms in total. The van der Waals surface area contributed by atoms with Crippen LogP contribution >= 0.6 is 12.4 Å². The van der Waals surface area contributed by atoms with E-state index in [1.807, 2.05) is 0 Å². The van der Waals surface area contributed by atoms with Crippen molar-refractivity contribution in [2.45, 2.75) is 25.6 Å². The van der Waals surface area contributed by atoms with Gasteiger partial charge in [-0.15, -0.1) is 12.4 Å². The van der Waals surface area contributed by atoms with Crippen LogP contribution in [0.2, 0.25) is 0 Å². The molecule has 0 aliphatic rings. The highest BCUT2D eigenvalue weighted by atomic mass is 35.5. The molecule has 3 N–H and O–H groups in total.